The maximum Gasteiger partial charge on any atom is 0.356 e. The summed E-state index contributed by atoms with van der Waals surface area (Å²) in [6.45, 7) is 4.20. The van der Waals surface area contributed by atoms with Crippen molar-refractivity contribution in [2.24, 2.45) is 0 Å². The second-order valence-electron chi connectivity index (χ2n) is 10.3. The molecule has 1 aromatic heterocycles. The zero-order valence-electron chi connectivity index (χ0n) is 24.1. The highest BCUT2D eigenvalue weighted by Crippen LogP contribution is 2.50. The van der Waals surface area contributed by atoms with E-state index in [0.29, 0.717) is 19.6 Å². The Morgan fingerprint density at radius 1 is 0.974 bits per heavy atom. The number of anilines is 1. The van der Waals surface area contributed by atoms with Gasteiger partial charge in [-0.15, -0.1) is 0 Å². The Morgan fingerprint density at radius 3 is 2.26 bits per heavy atom. The molecule has 1 aromatic rings. The lowest BCUT2D eigenvalue weighted by molar-refractivity contribution is -0.0154. The first-order chi connectivity index (χ1) is 19.0. The zero-order chi connectivity index (χ0) is 28.0. The SMILES string of the molecule is CCCCCCCCC/C=C/CCCCCCCOCCCOP1(=O)CO[C@@H](Cn2ccc(N)nc2=O)CO1. The molecule has 0 aromatic carbocycles. The molecule has 39 heavy (non-hydrogen) atoms. The van der Waals surface area contributed by atoms with Crippen molar-refractivity contribution < 1.29 is 23.1 Å². The highest BCUT2D eigenvalue weighted by atomic mass is 31.2. The molecular weight excluding hydrogens is 517 g/mol. The number of allylic oxidation sites excluding steroid dienone is 2. The molecule has 2 rings (SSSR count). The lowest BCUT2D eigenvalue weighted by Crippen LogP contribution is -2.35. The van der Waals surface area contributed by atoms with Gasteiger partial charge in [-0.3, -0.25) is 9.13 Å². The Kier molecular flexibility index (Phi) is 18.4. The van der Waals surface area contributed by atoms with Crippen LogP contribution in [0.1, 0.15) is 103 Å². The van der Waals surface area contributed by atoms with Crippen LogP contribution in [-0.4, -0.2) is 48.4 Å². The van der Waals surface area contributed by atoms with E-state index in [1.807, 2.05) is 0 Å². The number of nitrogens with zero attached hydrogens (tertiary/aromatic N) is 2. The van der Waals surface area contributed by atoms with Gasteiger partial charge in [0.2, 0.25) is 0 Å². The number of ether oxygens (including phenoxy) is 2. The van der Waals surface area contributed by atoms with Crippen LogP contribution in [-0.2, 0) is 29.6 Å². The molecule has 224 valence electrons. The maximum atomic E-state index is 12.6. The molecule has 2 heterocycles. The van der Waals surface area contributed by atoms with Gasteiger partial charge < -0.3 is 24.3 Å². The van der Waals surface area contributed by atoms with Gasteiger partial charge in [0, 0.05) is 19.4 Å². The number of hydrogen-bond acceptors (Lipinski definition) is 8. The smallest absolute Gasteiger partial charge is 0.356 e. The second kappa shape index (κ2) is 21.3. The minimum atomic E-state index is -3.28. The molecule has 1 unspecified atom stereocenters. The highest BCUT2D eigenvalue weighted by molar-refractivity contribution is 7.53. The van der Waals surface area contributed by atoms with E-state index in [0.717, 1.165) is 13.0 Å². The van der Waals surface area contributed by atoms with Crippen molar-refractivity contribution in [2.45, 2.75) is 116 Å². The van der Waals surface area contributed by atoms with E-state index in [1.165, 1.54) is 88.0 Å². The minimum Gasteiger partial charge on any atom is -0.383 e. The lowest BCUT2D eigenvalue weighted by atomic mass is 10.1. The molecule has 0 bridgehead atoms. The zero-order valence-corrected chi connectivity index (χ0v) is 25.0. The van der Waals surface area contributed by atoms with E-state index in [-0.39, 0.29) is 25.3 Å². The van der Waals surface area contributed by atoms with Gasteiger partial charge in [-0.2, -0.15) is 4.98 Å². The standard InChI is InChI=1S/C29H52N3O6P/c1-2-3-4-5-6-7-8-9-10-11-12-13-14-15-16-17-21-35-22-18-23-37-39(34)26-36-27(25-38-39)24-32-20-19-28(30)31-29(32)33/h10-11,19-20,27H,2-9,12-18,21-26H2,1H3,(H2,30,31,33)/b11-10+/t27-,39?/m0/s1. The van der Waals surface area contributed by atoms with Gasteiger partial charge in [0.05, 0.1) is 19.8 Å². The Bertz CT molecular complexity index is 882. The van der Waals surface area contributed by atoms with Crippen LogP contribution in [0.4, 0.5) is 5.82 Å². The summed E-state index contributed by atoms with van der Waals surface area (Å²) in [5, 5.41) is 0. The van der Waals surface area contributed by atoms with E-state index < -0.39 is 19.4 Å². The molecule has 9 nitrogen and oxygen atoms in total. The number of nitrogens with two attached hydrogens (primary N) is 1. The predicted octanol–water partition coefficient (Wildman–Crippen LogP) is 6.85. The van der Waals surface area contributed by atoms with Gasteiger partial charge in [0.25, 0.3) is 0 Å². The van der Waals surface area contributed by atoms with Crippen molar-refractivity contribution in [1.82, 2.24) is 9.55 Å². The minimum absolute atomic E-state index is 0.0835. The quantitative estimate of drug-likeness (QED) is 0.0864. The van der Waals surface area contributed by atoms with Gasteiger partial charge in [-0.1, -0.05) is 76.9 Å². The molecule has 1 saturated heterocycles. The summed E-state index contributed by atoms with van der Waals surface area (Å²) in [6, 6.07) is 1.54. The van der Waals surface area contributed by atoms with Gasteiger partial charge in [-0.05, 0) is 44.6 Å². The molecule has 2 N–H and O–H groups in total. The third-order valence-corrected chi connectivity index (χ3v) is 8.33. The Hall–Kier alpha value is -1.51. The molecule has 1 fully saturated rings. The first-order valence-electron chi connectivity index (χ1n) is 15.1. The molecule has 1 aliphatic heterocycles. The van der Waals surface area contributed by atoms with Crippen LogP contribution in [0.15, 0.2) is 29.2 Å². The number of rotatable bonds is 23. The molecule has 1 aliphatic rings. The van der Waals surface area contributed by atoms with Crippen molar-refractivity contribution >= 4 is 13.4 Å². The average molecular weight is 570 g/mol. The van der Waals surface area contributed by atoms with Crippen molar-refractivity contribution in [3.05, 3.63) is 34.9 Å². The van der Waals surface area contributed by atoms with Crippen LogP contribution >= 0.6 is 7.60 Å². The largest absolute Gasteiger partial charge is 0.383 e. The first-order valence-corrected chi connectivity index (χ1v) is 16.8. The van der Waals surface area contributed by atoms with E-state index in [9.17, 15) is 9.36 Å². The molecule has 0 radical (unpaired) electrons. The Balaban J connectivity index is 1.34. The fraction of sp³-hybridized carbons (Fsp3) is 0.793. The predicted molar refractivity (Wildman–Crippen MR) is 157 cm³/mol. The summed E-state index contributed by atoms with van der Waals surface area (Å²) >= 11 is 0. The highest BCUT2D eigenvalue weighted by Gasteiger charge is 2.33. The number of nitrogen functional groups attached to an aromatic ring is 1. The van der Waals surface area contributed by atoms with E-state index >= 15 is 0 Å². The fourth-order valence-corrected chi connectivity index (χ4v) is 5.80. The molecule has 0 amide bonds. The van der Waals surface area contributed by atoms with Crippen LogP contribution in [0.25, 0.3) is 0 Å². The van der Waals surface area contributed by atoms with Crippen molar-refractivity contribution in [2.75, 3.05) is 38.5 Å². The molecular formula is C29H52N3O6P. The monoisotopic (exact) mass is 569 g/mol. The van der Waals surface area contributed by atoms with Crippen molar-refractivity contribution in [3.8, 4) is 0 Å². The van der Waals surface area contributed by atoms with Crippen LogP contribution in [0.3, 0.4) is 0 Å². The summed E-state index contributed by atoms with van der Waals surface area (Å²) in [6.07, 6.45) is 24.5. The topological polar surface area (TPSA) is 115 Å². The fourth-order valence-electron chi connectivity index (χ4n) is 4.38. The summed E-state index contributed by atoms with van der Waals surface area (Å²) in [4.78, 5) is 15.5. The maximum absolute atomic E-state index is 12.6. The van der Waals surface area contributed by atoms with Crippen molar-refractivity contribution in [3.63, 3.8) is 0 Å². The lowest BCUT2D eigenvalue weighted by Gasteiger charge is -2.29. The first kappa shape index (κ1) is 33.7. The molecule has 0 saturated carbocycles. The molecule has 10 heteroatoms. The van der Waals surface area contributed by atoms with Crippen LogP contribution in [0.2, 0.25) is 0 Å². The van der Waals surface area contributed by atoms with E-state index in [4.69, 9.17) is 24.3 Å². The normalized spacial score (nSPS) is 19.7. The third kappa shape index (κ3) is 16.4. The second-order valence-corrected chi connectivity index (χ2v) is 12.3. The third-order valence-electron chi connectivity index (χ3n) is 6.74. The summed E-state index contributed by atoms with van der Waals surface area (Å²) in [5.41, 5.74) is 5.04. The van der Waals surface area contributed by atoms with Gasteiger partial charge >= 0.3 is 13.3 Å². The van der Waals surface area contributed by atoms with Gasteiger partial charge in [-0.25, -0.2) is 4.79 Å². The Labute approximate surface area is 235 Å². The number of aromatic nitrogens is 2. The van der Waals surface area contributed by atoms with Crippen LogP contribution in [0.5, 0.6) is 0 Å². The number of hydrogen-bond donors (Lipinski definition) is 1. The van der Waals surface area contributed by atoms with Gasteiger partial charge in [0.1, 0.15) is 18.3 Å². The van der Waals surface area contributed by atoms with Crippen LogP contribution in [0, 0.1) is 0 Å². The van der Waals surface area contributed by atoms with Gasteiger partial charge in [0.15, 0.2) is 0 Å². The molecule has 0 spiro atoms. The molecule has 2 atom stereocenters. The van der Waals surface area contributed by atoms with E-state index in [1.54, 1.807) is 12.3 Å². The number of unbranched alkanes of at least 4 members (excludes halogenated alkanes) is 12. The van der Waals surface area contributed by atoms with Crippen LogP contribution < -0.4 is 11.4 Å². The Morgan fingerprint density at radius 2 is 1.62 bits per heavy atom. The summed E-state index contributed by atoms with van der Waals surface area (Å²) in [7, 11) is -3.28. The summed E-state index contributed by atoms with van der Waals surface area (Å²) in [5.74, 6) is 0.168. The average Bonchev–Trinajstić information content (AvgIpc) is 2.92. The summed E-state index contributed by atoms with van der Waals surface area (Å²) < 4.78 is 36.2. The van der Waals surface area contributed by atoms with E-state index in [2.05, 4.69) is 24.1 Å². The van der Waals surface area contributed by atoms with Crippen molar-refractivity contribution in [1.29, 1.82) is 0 Å². The molecule has 0 aliphatic carbocycles.